The maximum atomic E-state index is 13.0. The number of carbonyl (C=O) groups excluding carboxylic acids is 1. The molecule has 0 spiro atoms. The van der Waals surface area contributed by atoms with Crippen LogP contribution in [0.1, 0.15) is 42.2 Å². The second kappa shape index (κ2) is 8.64. The number of fused-ring (bicyclic) bond motifs is 1. The molecule has 0 fully saturated rings. The molecular formula is C21H22N4O4. The van der Waals surface area contributed by atoms with Crippen molar-refractivity contribution in [3.05, 3.63) is 74.2 Å². The van der Waals surface area contributed by atoms with Crippen LogP contribution in [0, 0.1) is 17.0 Å². The van der Waals surface area contributed by atoms with E-state index in [0.717, 1.165) is 19.3 Å². The van der Waals surface area contributed by atoms with E-state index < -0.39 is 10.8 Å². The van der Waals surface area contributed by atoms with Crippen molar-refractivity contribution in [1.29, 1.82) is 0 Å². The molecule has 0 aliphatic heterocycles. The topological polar surface area (TPSA) is 107 Å². The Morgan fingerprint density at radius 2 is 1.90 bits per heavy atom. The average Bonchev–Trinajstić information content (AvgIpc) is 2.71. The van der Waals surface area contributed by atoms with Gasteiger partial charge in [-0.15, -0.1) is 0 Å². The largest absolute Gasteiger partial charge is 0.320 e. The summed E-state index contributed by atoms with van der Waals surface area (Å²) in [5.41, 5.74) is 0.777. The number of amides is 1. The molecule has 0 unspecified atom stereocenters. The Hall–Kier alpha value is -3.55. The molecule has 0 bridgehead atoms. The summed E-state index contributed by atoms with van der Waals surface area (Å²) >= 11 is 0. The molecule has 0 atom stereocenters. The first-order chi connectivity index (χ1) is 13.9. The molecule has 8 nitrogen and oxygen atoms in total. The fourth-order valence-electron chi connectivity index (χ4n) is 3.11. The zero-order valence-electron chi connectivity index (χ0n) is 16.3. The minimum Gasteiger partial charge on any atom is -0.320 e. The van der Waals surface area contributed by atoms with E-state index in [4.69, 9.17) is 0 Å². The highest BCUT2D eigenvalue weighted by Gasteiger charge is 2.18. The SMILES string of the molecule is CCCCCn1nc(C(=O)Nc2cc([N+](=O)[O-])ccc2C)c2ccccc2c1=O. The molecule has 3 aromatic rings. The molecular weight excluding hydrogens is 372 g/mol. The number of hydrogen-bond donors (Lipinski definition) is 1. The van der Waals surface area contributed by atoms with Crippen LogP contribution in [-0.4, -0.2) is 20.6 Å². The number of benzene rings is 2. The third kappa shape index (κ3) is 4.31. The molecule has 0 aliphatic rings. The van der Waals surface area contributed by atoms with Crippen LogP contribution < -0.4 is 10.9 Å². The summed E-state index contributed by atoms with van der Waals surface area (Å²) in [6.07, 6.45) is 2.74. The van der Waals surface area contributed by atoms with Gasteiger partial charge in [0, 0.05) is 24.1 Å². The normalized spacial score (nSPS) is 10.8. The number of nitro groups is 1. The van der Waals surface area contributed by atoms with E-state index in [1.165, 1.54) is 16.8 Å². The van der Waals surface area contributed by atoms with Crippen LogP contribution in [0.3, 0.4) is 0 Å². The van der Waals surface area contributed by atoms with Crippen molar-refractivity contribution in [2.45, 2.75) is 39.7 Å². The van der Waals surface area contributed by atoms with E-state index in [9.17, 15) is 19.7 Å². The number of nitrogens with one attached hydrogen (secondary N) is 1. The number of hydrogen-bond acceptors (Lipinski definition) is 5. The lowest BCUT2D eigenvalue weighted by atomic mass is 10.1. The van der Waals surface area contributed by atoms with Gasteiger partial charge in [0.1, 0.15) is 0 Å². The Morgan fingerprint density at radius 1 is 1.17 bits per heavy atom. The van der Waals surface area contributed by atoms with Gasteiger partial charge in [0.25, 0.3) is 17.2 Å². The van der Waals surface area contributed by atoms with Crippen molar-refractivity contribution < 1.29 is 9.72 Å². The molecule has 0 saturated carbocycles. The lowest BCUT2D eigenvalue weighted by molar-refractivity contribution is -0.384. The highest BCUT2D eigenvalue weighted by Crippen LogP contribution is 2.23. The Kier molecular flexibility index (Phi) is 6.01. The van der Waals surface area contributed by atoms with Crippen molar-refractivity contribution in [3.63, 3.8) is 0 Å². The second-order valence-corrected chi connectivity index (χ2v) is 6.84. The fourth-order valence-corrected chi connectivity index (χ4v) is 3.11. The van der Waals surface area contributed by atoms with Crippen LogP contribution in [0.4, 0.5) is 11.4 Å². The Bertz CT molecular complexity index is 1140. The molecule has 1 N–H and O–H groups in total. The zero-order chi connectivity index (χ0) is 21.0. The molecule has 3 rings (SSSR count). The molecule has 29 heavy (non-hydrogen) atoms. The molecule has 1 amide bonds. The summed E-state index contributed by atoms with van der Waals surface area (Å²) in [4.78, 5) is 36.2. The van der Waals surface area contributed by atoms with Gasteiger partial charge in [-0.3, -0.25) is 19.7 Å². The number of rotatable bonds is 7. The maximum Gasteiger partial charge on any atom is 0.276 e. The molecule has 8 heteroatoms. The number of aryl methyl sites for hydroxylation is 2. The van der Waals surface area contributed by atoms with Crippen LogP contribution in [-0.2, 0) is 6.54 Å². The number of unbranched alkanes of at least 4 members (excludes halogenated alkanes) is 2. The van der Waals surface area contributed by atoms with Crippen molar-refractivity contribution in [2.24, 2.45) is 0 Å². The number of carbonyl (C=O) groups is 1. The first-order valence-corrected chi connectivity index (χ1v) is 9.48. The predicted octanol–water partition coefficient (Wildman–Crippen LogP) is 4.06. The van der Waals surface area contributed by atoms with Gasteiger partial charge in [-0.25, -0.2) is 4.68 Å². The molecule has 0 saturated heterocycles. The summed E-state index contributed by atoms with van der Waals surface area (Å²) in [5, 5.41) is 18.9. The first kappa shape index (κ1) is 20.2. The Labute approximate surface area is 167 Å². The minimum atomic E-state index is -0.519. The van der Waals surface area contributed by atoms with Crippen LogP contribution in [0.15, 0.2) is 47.3 Å². The highest BCUT2D eigenvalue weighted by molar-refractivity contribution is 6.11. The van der Waals surface area contributed by atoms with E-state index in [2.05, 4.69) is 17.3 Å². The minimum absolute atomic E-state index is 0.114. The van der Waals surface area contributed by atoms with Crippen molar-refractivity contribution in [1.82, 2.24) is 9.78 Å². The van der Waals surface area contributed by atoms with Crippen molar-refractivity contribution in [2.75, 3.05) is 5.32 Å². The quantitative estimate of drug-likeness (QED) is 0.369. The highest BCUT2D eigenvalue weighted by atomic mass is 16.6. The van der Waals surface area contributed by atoms with Gasteiger partial charge in [0.15, 0.2) is 5.69 Å². The zero-order valence-corrected chi connectivity index (χ0v) is 16.3. The van der Waals surface area contributed by atoms with Crippen molar-refractivity contribution in [3.8, 4) is 0 Å². The summed E-state index contributed by atoms with van der Waals surface area (Å²) in [6.45, 7) is 4.24. The van der Waals surface area contributed by atoms with Gasteiger partial charge in [-0.1, -0.05) is 44.0 Å². The van der Waals surface area contributed by atoms with Crippen LogP contribution >= 0.6 is 0 Å². The fraction of sp³-hybridized carbons (Fsp3) is 0.286. The molecule has 2 aromatic carbocycles. The predicted molar refractivity (Wildman–Crippen MR) is 111 cm³/mol. The first-order valence-electron chi connectivity index (χ1n) is 9.48. The summed E-state index contributed by atoms with van der Waals surface area (Å²) < 4.78 is 1.33. The smallest absolute Gasteiger partial charge is 0.276 e. The summed E-state index contributed by atoms with van der Waals surface area (Å²) in [6, 6.07) is 11.1. The summed E-state index contributed by atoms with van der Waals surface area (Å²) in [7, 11) is 0. The van der Waals surface area contributed by atoms with E-state index in [1.54, 1.807) is 37.3 Å². The number of anilines is 1. The molecule has 1 aromatic heterocycles. The average molecular weight is 394 g/mol. The number of non-ortho nitro benzene ring substituents is 1. The second-order valence-electron chi connectivity index (χ2n) is 6.84. The van der Waals surface area contributed by atoms with Crippen LogP contribution in [0.25, 0.3) is 10.8 Å². The lowest BCUT2D eigenvalue weighted by Crippen LogP contribution is -2.28. The Balaban J connectivity index is 2.03. The molecule has 150 valence electrons. The third-order valence-electron chi connectivity index (χ3n) is 4.74. The molecule has 0 aliphatic carbocycles. The van der Waals surface area contributed by atoms with Crippen molar-refractivity contribution >= 4 is 28.1 Å². The number of aromatic nitrogens is 2. The third-order valence-corrected chi connectivity index (χ3v) is 4.74. The standard InChI is InChI=1S/C21H22N4O4/c1-3-4-7-12-24-21(27)17-9-6-5-8-16(17)19(23-24)20(26)22-18-13-15(25(28)29)11-10-14(18)2/h5-6,8-11,13H,3-4,7,12H2,1-2H3,(H,22,26). The maximum absolute atomic E-state index is 13.0. The summed E-state index contributed by atoms with van der Waals surface area (Å²) in [5.74, 6) is -0.519. The van der Waals surface area contributed by atoms with E-state index in [0.29, 0.717) is 28.6 Å². The van der Waals surface area contributed by atoms with E-state index in [1.807, 2.05) is 0 Å². The molecule has 1 heterocycles. The van der Waals surface area contributed by atoms with Gasteiger partial charge in [0.2, 0.25) is 0 Å². The van der Waals surface area contributed by atoms with Crippen LogP contribution in [0.5, 0.6) is 0 Å². The van der Waals surface area contributed by atoms with Gasteiger partial charge >= 0.3 is 0 Å². The number of nitro benzene ring substituents is 1. The van der Waals surface area contributed by atoms with E-state index in [-0.39, 0.29) is 16.9 Å². The monoisotopic (exact) mass is 394 g/mol. The Morgan fingerprint density at radius 3 is 2.59 bits per heavy atom. The van der Waals surface area contributed by atoms with Gasteiger partial charge in [0.05, 0.1) is 16.0 Å². The van der Waals surface area contributed by atoms with Gasteiger partial charge < -0.3 is 5.32 Å². The number of nitrogens with zero attached hydrogens (tertiary/aromatic N) is 3. The lowest BCUT2D eigenvalue weighted by Gasteiger charge is -2.12. The van der Waals surface area contributed by atoms with Gasteiger partial charge in [-0.2, -0.15) is 5.10 Å². The molecule has 0 radical (unpaired) electrons. The van der Waals surface area contributed by atoms with Gasteiger partial charge in [-0.05, 0) is 25.0 Å². The van der Waals surface area contributed by atoms with E-state index >= 15 is 0 Å². The van der Waals surface area contributed by atoms with Crippen LogP contribution in [0.2, 0.25) is 0 Å².